The largest absolute Gasteiger partial charge is 0.372 e. The van der Waals surface area contributed by atoms with Crippen LogP contribution in [0.2, 0.25) is 0 Å². The Hall–Kier alpha value is -0.330. The van der Waals surface area contributed by atoms with Crippen molar-refractivity contribution in [1.82, 2.24) is 15.4 Å². The Morgan fingerprint density at radius 3 is 2.65 bits per heavy atom. The van der Waals surface area contributed by atoms with E-state index in [1.54, 1.807) is 0 Å². The maximum atomic E-state index is 6.03. The first-order chi connectivity index (χ1) is 10.2. The number of likely N-dealkylation sites (tertiary alicyclic amines) is 1. The minimum absolute atomic E-state index is 0. The predicted octanol–water partition coefficient (Wildman–Crippen LogP) is 2.67. The second-order valence-electron chi connectivity index (χ2n) is 6.87. The summed E-state index contributed by atoms with van der Waals surface area (Å²) < 4.78 is 11.4. The number of aromatic nitrogens is 1. The first-order valence-corrected chi connectivity index (χ1v) is 8.17. The summed E-state index contributed by atoms with van der Waals surface area (Å²) in [6.45, 7) is 10.3. The molecule has 0 aromatic carbocycles. The third-order valence-corrected chi connectivity index (χ3v) is 4.50. The standard InChI is InChI=1S/C16H27N3O2.2ClH/c1-13(2)9-15-10-14(18-21-15)11-19-6-3-16(4-7-19)12-17-5-8-20-16;;/h10,13,17H,3-9,11-12H2,1-2H3;2*1H. The molecule has 134 valence electrons. The average molecular weight is 366 g/mol. The van der Waals surface area contributed by atoms with Gasteiger partial charge in [0.15, 0.2) is 0 Å². The van der Waals surface area contributed by atoms with Crippen molar-refractivity contribution in [1.29, 1.82) is 0 Å². The van der Waals surface area contributed by atoms with Gasteiger partial charge in [-0.05, 0) is 18.8 Å². The van der Waals surface area contributed by atoms with Crippen LogP contribution < -0.4 is 5.32 Å². The van der Waals surface area contributed by atoms with Gasteiger partial charge >= 0.3 is 0 Å². The van der Waals surface area contributed by atoms with Gasteiger partial charge in [0.1, 0.15) is 5.76 Å². The summed E-state index contributed by atoms with van der Waals surface area (Å²) in [5.74, 6) is 1.62. The Labute approximate surface area is 151 Å². The lowest BCUT2D eigenvalue weighted by Gasteiger charge is -2.43. The topological polar surface area (TPSA) is 50.5 Å². The molecule has 3 rings (SSSR count). The molecule has 7 heteroatoms. The summed E-state index contributed by atoms with van der Waals surface area (Å²) in [6, 6.07) is 2.11. The lowest BCUT2D eigenvalue weighted by atomic mass is 9.90. The van der Waals surface area contributed by atoms with Gasteiger partial charge in [0.2, 0.25) is 0 Å². The molecule has 23 heavy (non-hydrogen) atoms. The molecular weight excluding hydrogens is 337 g/mol. The molecule has 0 amide bonds. The lowest BCUT2D eigenvalue weighted by Crippen LogP contribution is -2.55. The molecular formula is C16H29Cl2N3O2. The normalized spacial score (nSPS) is 21.0. The molecule has 0 atom stereocenters. The van der Waals surface area contributed by atoms with E-state index in [4.69, 9.17) is 9.26 Å². The fraction of sp³-hybridized carbons (Fsp3) is 0.812. The Morgan fingerprint density at radius 1 is 1.30 bits per heavy atom. The molecule has 1 aromatic heterocycles. The van der Waals surface area contributed by atoms with Gasteiger partial charge in [-0.1, -0.05) is 19.0 Å². The smallest absolute Gasteiger partial charge is 0.137 e. The summed E-state index contributed by atoms with van der Waals surface area (Å²) >= 11 is 0. The molecule has 2 aliphatic heterocycles. The maximum Gasteiger partial charge on any atom is 0.137 e. The Bertz CT molecular complexity index is 452. The third kappa shape index (κ3) is 5.61. The second kappa shape index (κ2) is 9.23. The number of piperidine rings is 1. The van der Waals surface area contributed by atoms with Crippen molar-refractivity contribution in [3.05, 3.63) is 17.5 Å². The zero-order valence-electron chi connectivity index (χ0n) is 14.0. The van der Waals surface area contributed by atoms with E-state index in [-0.39, 0.29) is 30.4 Å². The molecule has 3 heterocycles. The molecule has 2 aliphatic rings. The molecule has 2 fully saturated rings. The summed E-state index contributed by atoms with van der Waals surface area (Å²) in [5.41, 5.74) is 1.14. The third-order valence-electron chi connectivity index (χ3n) is 4.50. The van der Waals surface area contributed by atoms with E-state index < -0.39 is 0 Å². The van der Waals surface area contributed by atoms with Gasteiger partial charge in [-0.3, -0.25) is 4.90 Å². The fourth-order valence-corrected chi connectivity index (χ4v) is 3.30. The van der Waals surface area contributed by atoms with Crippen molar-refractivity contribution in [2.75, 3.05) is 32.8 Å². The fourth-order valence-electron chi connectivity index (χ4n) is 3.30. The second-order valence-corrected chi connectivity index (χ2v) is 6.87. The van der Waals surface area contributed by atoms with Crippen LogP contribution in [0.3, 0.4) is 0 Å². The first-order valence-electron chi connectivity index (χ1n) is 8.17. The number of halogens is 2. The van der Waals surface area contributed by atoms with Crippen molar-refractivity contribution < 1.29 is 9.26 Å². The van der Waals surface area contributed by atoms with Crippen molar-refractivity contribution in [2.24, 2.45) is 5.92 Å². The number of hydrogen-bond donors (Lipinski definition) is 1. The number of rotatable bonds is 4. The summed E-state index contributed by atoms with van der Waals surface area (Å²) in [6.07, 6.45) is 3.18. The van der Waals surface area contributed by atoms with Gasteiger partial charge in [0.05, 0.1) is 17.9 Å². The molecule has 2 saturated heterocycles. The minimum atomic E-state index is 0. The van der Waals surface area contributed by atoms with Crippen LogP contribution in [0.25, 0.3) is 0 Å². The number of ether oxygens (including phenoxy) is 1. The van der Waals surface area contributed by atoms with Crippen LogP contribution in [-0.2, 0) is 17.7 Å². The highest BCUT2D eigenvalue weighted by atomic mass is 35.5. The quantitative estimate of drug-likeness (QED) is 0.888. The summed E-state index contributed by atoms with van der Waals surface area (Å²) in [5, 5.41) is 7.67. The number of nitrogens with zero attached hydrogens (tertiary/aromatic N) is 2. The lowest BCUT2D eigenvalue weighted by molar-refractivity contribution is -0.101. The van der Waals surface area contributed by atoms with Crippen LogP contribution >= 0.6 is 24.8 Å². The van der Waals surface area contributed by atoms with Gasteiger partial charge in [-0.15, -0.1) is 24.8 Å². The van der Waals surface area contributed by atoms with Crippen molar-refractivity contribution in [3.8, 4) is 0 Å². The van der Waals surface area contributed by atoms with Crippen LogP contribution in [0.15, 0.2) is 10.6 Å². The molecule has 1 spiro atoms. The van der Waals surface area contributed by atoms with Crippen LogP contribution in [0.4, 0.5) is 0 Å². The highest BCUT2D eigenvalue weighted by Gasteiger charge is 2.36. The molecule has 1 N–H and O–H groups in total. The van der Waals surface area contributed by atoms with Crippen molar-refractivity contribution >= 4 is 24.8 Å². The van der Waals surface area contributed by atoms with Crippen LogP contribution in [0.1, 0.15) is 38.1 Å². The number of hydrogen-bond acceptors (Lipinski definition) is 5. The Kier molecular flexibility index (Phi) is 8.31. The molecule has 1 aromatic rings. The van der Waals surface area contributed by atoms with E-state index in [2.05, 4.69) is 35.3 Å². The van der Waals surface area contributed by atoms with Crippen LogP contribution in [-0.4, -0.2) is 48.4 Å². The van der Waals surface area contributed by atoms with Gasteiger partial charge in [-0.25, -0.2) is 0 Å². The average Bonchev–Trinajstić information content (AvgIpc) is 2.89. The first kappa shape index (κ1) is 20.7. The van der Waals surface area contributed by atoms with Gasteiger partial charge in [0, 0.05) is 45.2 Å². The molecule has 0 saturated carbocycles. The monoisotopic (exact) mass is 365 g/mol. The summed E-state index contributed by atoms with van der Waals surface area (Å²) in [4.78, 5) is 2.46. The number of nitrogens with one attached hydrogen (secondary N) is 1. The SMILES string of the molecule is CC(C)Cc1cc(CN2CCC3(CC2)CNCCO3)no1.Cl.Cl. The Morgan fingerprint density at radius 2 is 2.04 bits per heavy atom. The number of morpholine rings is 1. The van der Waals surface area contributed by atoms with Crippen LogP contribution in [0.5, 0.6) is 0 Å². The highest BCUT2D eigenvalue weighted by Crippen LogP contribution is 2.28. The summed E-state index contributed by atoms with van der Waals surface area (Å²) in [7, 11) is 0. The zero-order chi connectivity index (χ0) is 14.7. The van der Waals surface area contributed by atoms with E-state index in [0.717, 1.165) is 70.0 Å². The maximum absolute atomic E-state index is 6.03. The van der Waals surface area contributed by atoms with Gasteiger partial charge in [-0.2, -0.15) is 0 Å². The molecule has 0 unspecified atom stereocenters. The molecule has 0 bridgehead atoms. The minimum Gasteiger partial charge on any atom is -0.372 e. The van der Waals surface area contributed by atoms with Crippen molar-refractivity contribution in [3.63, 3.8) is 0 Å². The molecule has 0 aliphatic carbocycles. The van der Waals surface area contributed by atoms with E-state index >= 15 is 0 Å². The van der Waals surface area contributed by atoms with E-state index in [9.17, 15) is 0 Å². The highest BCUT2D eigenvalue weighted by molar-refractivity contribution is 5.85. The molecule has 5 nitrogen and oxygen atoms in total. The van der Waals surface area contributed by atoms with E-state index in [1.807, 2.05) is 0 Å². The van der Waals surface area contributed by atoms with Gasteiger partial charge in [0.25, 0.3) is 0 Å². The van der Waals surface area contributed by atoms with Crippen LogP contribution in [0, 0.1) is 5.92 Å². The van der Waals surface area contributed by atoms with Crippen molar-refractivity contribution in [2.45, 2.75) is 45.3 Å². The van der Waals surface area contributed by atoms with Gasteiger partial charge < -0.3 is 14.6 Å². The Balaban J connectivity index is 0.00000132. The van der Waals surface area contributed by atoms with E-state index in [1.165, 1.54) is 0 Å². The molecule has 0 radical (unpaired) electrons. The van der Waals surface area contributed by atoms with E-state index in [0.29, 0.717) is 5.92 Å². The predicted molar refractivity (Wildman–Crippen MR) is 95.6 cm³/mol. The zero-order valence-corrected chi connectivity index (χ0v) is 15.7.